The minimum atomic E-state index is 0.153. The third-order valence-corrected chi connectivity index (χ3v) is 6.13. The summed E-state index contributed by atoms with van der Waals surface area (Å²) < 4.78 is 6.14. The molecule has 0 amide bonds. The average molecular weight is 289 g/mol. The summed E-state index contributed by atoms with van der Waals surface area (Å²) in [6.45, 7) is 7.61. The van der Waals surface area contributed by atoms with Gasteiger partial charge in [-0.2, -0.15) is 0 Å². The van der Waals surface area contributed by atoms with Crippen molar-refractivity contribution in [2.75, 3.05) is 6.54 Å². The fourth-order valence-corrected chi connectivity index (χ4v) is 5.99. The minimum absolute atomic E-state index is 0.153. The summed E-state index contributed by atoms with van der Waals surface area (Å²) in [4.78, 5) is 0. The van der Waals surface area contributed by atoms with E-state index in [0.29, 0.717) is 5.41 Å². The van der Waals surface area contributed by atoms with Gasteiger partial charge in [0.15, 0.2) is 0 Å². The van der Waals surface area contributed by atoms with E-state index in [4.69, 9.17) is 4.42 Å². The minimum Gasteiger partial charge on any atom is -0.423 e. The van der Waals surface area contributed by atoms with Crippen molar-refractivity contribution in [2.24, 2.45) is 17.3 Å². The summed E-state index contributed by atoms with van der Waals surface area (Å²) in [5, 5.41) is 12.2. The molecule has 4 fully saturated rings. The first-order valence-corrected chi connectivity index (χ1v) is 8.59. The van der Waals surface area contributed by atoms with E-state index in [1.807, 2.05) is 0 Å². The average Bonchev–Trinajstić information content (AvgIpc) is 2.86. The van der Waals surface area contributed by atoms with Crippen LogP contribution in [0.5, 0.6) is 0 Å². The van der Waals surface area contributed by atoms with E-state index >= 15 is 0 Å². The van der Waals surface area contributed by atoms with Gasteiger partial charge in [-0.1, -0.05) is 13.8 Å². The van der Waals surface area contributed by atoms with Gasteiger partial charge in [-0.25, -0.2) is 0 Å². The summed E-state index contributed by atoms with van der Waals surface area (Å²) in [6.07, 6.45) is 8.07. The predicted octanol–water partition coefficient (Wildman–Crippen LogP) is 3.60. The molecule has 4 aliphatic rings. The summed E-state index contributed by atoms with van der Waals surface area (Å²) >= 11 is 0. The first-order chi connectivity index (χ1) is 10.0. The maximum absolute atomic E-state index is 6.14. The zero-order chi connectivity index (χ0) is 14.7. The molecule has 1 aromatic heterocycles. The fourth-order valence-electron chi connectivity index (χ4n) is 5.99. The van der Waals surface area contributed by atoms with E-state index in [1.54, 1.807) is 0 Å². The summed E-state index contributed by atoms with van der Waals surface area (Å²) in [7, 11) is 0. The third kappa shape index (κ3) is 2.14. The molecule has 0 radical (unpaired) electrons. The summed E-state index contributed by atoms with van der Waals surface area (Å²) in [6, 6.07) is 0.153. The number of aromatic nitrogens is 2. The van der Waals surface area contributed by atoms with E-state index in [9.17, 15) is 0 Å². The van der Waals surface area contributed by atoms with E-state index in [0.717, 1.165) is 30.2 Å². The van der Waals surface area contributed by atoms with Crippen molar-refractivity contribution in [2.45, 2.75) is 70.8 Å². The van der Waals surface area contributed by atoms with Crippen molar-refractivity contribution in [3.63, 3.8) is 0 Å². The van der Waals surface area contributed by atoms with Crippen LogP contribution in [0.2, 0.25) is 0 Å². The Balaban J connectivity index is 1.64. The smallest absolute Gasteiger partial charge is 0.233 e. The first kappa shape index (κ1) is 13.7. The monoisotopic (exact) mass is 289 g/mol. The number of nitrogens with zero attached hydrogens (tertiary/aromatic N) is 2. The molecule has 1 heterocycles. The second-order valence-electron chi connectivity index (χ2n) is 8.28. The Kier molecular flexibility index (Phi) is 2.97. The van der Waals surface area contributed by atoms with Gasteiger partial charge in [0.05, 0.1) is 6.04 Å². The van der Waals surface area contributed by atoms with E-state index < -0.39 is 0 Å². The Labute approximate surface area is 127 Å². The molecule has 3 atom stereocenters. The number of hydrogen-bond donors (Lipinski definition) is 1. The van der Waals surface area contributed by atoms with Crippen LogP contribution < -0.4 is 5.32 Å². The fraction of sp³-hybridized carbons (Fsp3) is 0.882. The lowest BCUT2D eigenvalue weighted by Gasteiger charge is -2.60. The van der Waals surface area contributed by atoms with E-state index in [1.165, 1.54) is 38.5 Å². The zero-order valence-corrected chi connectivity index (χ0v) is 13.5. The van der Waals surface area contributed by atoms with Crippen LogP contribution in [0.25, 0.3) is 0 Å². The Hall–Kier alpha value is -0.900. The van der Waals surface area contributed by atoms with Crippen molar-refractivity contribution in [3.05, 3.63) is 11.8 Å². The molecule has 0 saturated heterocycles. The second kappa shape index (κ2) is 4.55. The maximum atomic E-state index is 6.14. The van der Waals surface area contributed by atoms with Crippen molar-refractivity contribution >= 4 is 0 Å². The first-order valence-electron chi connectivity index (χ1n) is 8.59. The molecule has 116 valence electrons. The van der Waals surface area contributed by atoms with Gasteiger partial charge in [0.1, 0.15) is 0 Å². The lowest BCUT2D eigenvalue weighted by molar-refractivity contribution is -0.0713. The zero-order valence-electron chi connectivity index (χ0n) is 13.5. The molecule has 0 aromatic carbocycles. The summed E-state index contributed by atoms with van der Waals surface area (Å²) in [5.41, 5.74) is 0.710. The van der Waals surface area contributed by atoms with Gasteiger partial charge in [-0.05, 0) is 69.2 Å². The normalized spacial score (nSPS) is 42.4. The number of nitrogens with one attached hydrogen (secondary N) is 1. The molecule has 4 saturated carbocycles. The van der Waals surface area contributed by atoms with Crippen molar-refractivity contribution < 1.29 is 4.42 Å². The Morgan fingerprint density at radius 3 is 2.57 bits per heavy atom. The maximum Gasteiger partial charge on any atom is 0.233 e. The number of hydrogen-bond acceptors (Lipinski definition) is 4. The highest BCUT2D eigenvalue weighted by Gasteiger charge is 2.58. The number of rotatable bonds is 4. The summed E-state index contributed by atoms with van der Waals surface area (Å²) in [5.74, 6) is 3.46. The molecule has 0 spiro atoms. The highest BCUT2D eigenvalue weighted by Crippen LogP contribution is 2.65. The molecule has 4 heteroatoms. The highest BCUT2D eigenvalue weighted by atomic mass is 16.4. The van der Waals surface area contributed by atoms with E-state index in [2.05, 4.69) is 36.3 Å². The van der Waals surface area contributed by atoms with Crippen LogP contribution >= 0.6 is 0 Å². The van der Waals surface area contributed by atoms with Gasteiger partial charge in [-0.3, -0.25) is 0 Å². The molecule has 5 rings (SSSR count). The second-order valence-corrected chi connectivity index (χ2v) is 8.28. The molecule has 21 heavy (non-hydrogen) atoms. The molecule has 4 nitrogen and oxygen atoms in total. The van der Waals surface area contributed by atoms with Gasteiger partial charge in [0.25, 0.3) is 0 Å². The predicted molar refractivity (Wildman–Crippen MR) is 80.9 cm³/mol. The molecule has 0 aliphatic heterocycles. The molecule has 4 bridgehead atoms. The largest absolute Gasteiger partial charge is 0.423 e. The molecule has 1 aromatic rings. The van der Waals surface area contributed by atoms with Crippen molar-refractivity contribution in [1.29, 1.82) is 0 Å². The highest BCUT2D eigenvalue weighted by molar-refractivity contribution is 5.17. The van der Waals surface area contributed by atoms with Crippen molar-refractivity contribution in [3.8, 4) is 0 Å². The van der Waals surface area contributed by atoms with Crippen LogP contribution in [0.1, 0.15) is 77.1 Å². The van der Waals surface area contributed by atoms with Gasteiger partial charge in [0, 0.05) is 5.41 Å². The quantitative estimate of drug-likeness (QED) is 0.920. The van der Waals surface area contributed by atoms with Gasteiger partial charge >= 0.3 is 0 Å². The van der Waals surface area contributed by atoms with Gasteiger partial charge < -0.3 is 9.73 Å². The van der Waals surface area contributed by atoms with Gasteiger partial charge in [-0.15, -0.1) is 10.2 Å². The van der Waals surface area contributed by atoms with Crippen molar-refractivity contribution in [1.82, 2.24) is 15.5 Å². The molecule has 3 unspecified atom stereocenters. The van der Waals surface area contributed by atoms with Crippen LogP contribution in [-0.2, 0) is 5.41 Å². The lowest BCUT2D eigenvalue weighted by Crippen LogP contribution is -2.53. The van der Waals surface area contributed by atoms with Crippen LogP contribution in [0.15, 0.2) is 4.42 Å². The standard InChI is InChI=1S/C17H27N3O/c1-4-18-11(2)14-19-20-15(21-14)17-8-12-5-13(9-17)7-16(3,6-12)10-17/h11-13,18H,4-10H2,1-3H3. The van der Waals surface area contributed by atoms with Crippen LogP contribution in [-0.4, -0.2) is 16.7 Å². The third-order valence-electron chi connectivity index (χ3n) is 6.13. The topological polar surface area (TPSA) is 51.0 Å². The van der Waals surface area contributed by atoms with Crippen LogP contribution in [0.3, 0.4) is 0 Å². The SMILES string of the molecule is CCNC(C)c1nnc(C23CC4CC(CC(C)(C4)C2)C3)o1. The van der Waals surface area contributed by atoms with Crippen LogP contribution in [0, 0.1) is 17.3 Å². The van der Waals surface area contributed by atoms with Gasteiger partial charge in [0.2, 0.25) is 11.8 Å². The Bertz CT molecular complexity index is 524. The molecule has 4 aliphatic carbocycles. The van der Waals surface area contributed by atoms with Crippen LogP contribution in [0.4, 0.5) is 0 Å². The lowest BCUT2D eigenvalue weighted by atomic mass is 9.44. The van der Waals surface area contributed by atoms with E-state index in [-0.39, 0.29) is 11.5 Å². The Morgan fingerprint density at radius 1 is 1.24 bits per heavy atom. The molecule has 1 N–H and O–H groups in total. The Morgan fingerprint density at radius 2 is 1.95 bits per heavy atom. The molecular weight excluding hydrogens is 262 g/mol. The molecular formula is C17H27N3O.